The number of aromatic amines is 1. The summed E-state index contributed by atoms with van der Waals surface area (Å²) in [5.41, 5.74) is 1.37. The molecule has 0 amide bonds. The minimum Gasteiger partial charge on any atom is -0.361 e. The van der Waals surface area contributed by atoms with E-state index < -0.39 is 16.1 Å². The van der Waals surface area contributed by atoms with Crippen LogP contribution in [0, 0.1) is 5.82 Å². The summed E-state index contributed by atoms with van der Waals surface area (Å²) in [4.78, 5) is 3.09. The van der Waals surface area contributed by atoms with Crippen molar-refractivity contribution in [3.05, 3.63) is 65.1 Å². The molecule has 0 saturated carbocycles. The largest absolute Gasteiger partial charge is 0.361 e. The molecule has 0 bridgehead atoms. The monoisotopic (exact) mass is 352 g/mol. The van der Waals surface area contributed by atoms with Gasteiger partial charge in [-0.3, -0.25) is 0 Å². The van der Waals surface area contributed by atoms with Gasteiger partial charge in [0.25, 0.3) is 0 Å². The highest BCUT2D eigenvalue weighted by molar-refractivity contribution is 7.89. The van der Waals surface area contributed by atoms with Crippen LogP contribution in [0.3, 0.4) is 0 Å². The molecular formula is C16H14ClFN2O2S. The van der Waals surface area contributed by atoms with Crippen LogP contribution in [0.5, 0.6) is 0 Å². The molecule has 2 aromatic carbocycles. The molecule has 1 aromatic heterocycles. The van der Waals surface area contributed by atoms with Gasteiger partial charge >= 0.3 is 0 Å². The van der Waals surface area contributed by atoms with Gasteiger partial charge in [0.2, 0.25) is 10.0 Å². The molecule has 1 unspecified atom stereocenters. The van der Waals surface area contributed by atoms with Crippen molar-refractivity contribution in [1.82, 2.24) is 9.71 Å². The van der Waals surface area contributed by atoms with Crippen molar-refractivity contribution in [3.8, 4) is 0 Å². The van der Waals surface area contributed by atoms with Gasteiger partial charge in [-0.05, 0) is 55.0 Å². The van der Waals surface area contributed by atoms with E-state index in [1.807, 2.05) is 0 Å². The minimum atomic E-state index is -3.68. The lowest BCUT2D eigenvalue weighted by Crippen LogP contribution is -2.26. The average molecular weight is 353 g/mol. The molecular weight excluding hydrogens is 339 g/mol. The van der Waals surface area contributed by atoms with Crippen LogP contribution in [-0.4, -0.2) is 13.4 Å². The summed E-state index contributed by atoms with van der Waals surface area (Å²) in [7, 11) is -3.68. The van der Waals surface area contributed by atoms with Crippen molar-refractivity contribution in [2.45, 2.75) is 17.9 Å². The van der Waals surface area contributed by atoms with Crippen molar-refractivity contribution in [3.63, 3.8) is 0 Å². The van der Waals surface area contributed by atoms with Gasteiger partial charge in [-0.2, -0.15) is 0 Å². The predicted molar refractivity (Wildman–Crippen MR) is 88.4 cm³/mol. The Bertz CT molecular complexity index is 952. The Balaban J connectivity index is 1.90. The van der Waals surface area contributed by atoms with E-state index in [9.17, 15) is 12.8 Å². The highest BCUT2D eigenvalue weighted by Gasteiger charge is 2.20. The van der Waals surface area contributed by atoms with Crippen molar-refractivity contribution in [2.75, 3.05) is 0 Å². The van der Waals surface area contributed by atoms with E-state index in [4.69, 9.17) is 11.6 Å². The third-order valence-electron chi connectivity index (χ3n) is 3.60. The Labute approximate surface area is 138 Å². The molecule has 7 heteroatoms. The van der Waals surface area contributed by atoms with Crippen molar-refractivity contribution in [2.24, 2.45) is 0 Å². The second kappa shape index (κ2) is 5.96. The second-order valence-corrected chi connectivity index (χ2v) is 7.38. The maximum Gasteiger partial charge on any atom is 0.241 e. The average Bonchev–Trinajstić information content (AvgIpc) is 2.90. The van der Waals surface area contributed by atoms with Crippen LogP contribution in [0.2, 0.25) is 5.02 Å². The molecule has 0 aliphatic heterocycles. The van der Waals surface area contributed by atoms with E-state index in [-0.39, 0.29) is 10.7 Å². The third kappa shape index (κ3) is 3.24. The molecule has 1 atom stereocenters. The molecule has 0 radical (unpaired) electrons. The Morgan fingerprint density at radius 3 is 2.57 bits per heavy atom. The summed E-state index contributed by atoms with van der Waals surface area (Å²) in [6.45, 7) is 1.74. The Morgan fingerprint density at radius 1 is 1.17 bits per heavy atom. The van der Waals surface area contributed by atoms with Crippen LogP contribution >= 0.6 is 11.6 Å². The van der Waals surface area contributed by atoms with Crippen LogP contribution < -0.4 is 4.72 Å². The van der Waals surface area contributed by atoms with Crippen LogP contribution in [0.4, 0.5) is 4.39 Å². The number of aromatic nitrogens is 1. The third-order valence-corrected chi connectivity index (χ3v) is 5.41. The number of halogens is 2. The number of fused-ring (bicyclic) bond motifs is 1. The number of H-pyrrole nitrogens is 1. The first-order valence-electron chi connectivity index (χ1n) is 6.91. The fourth-order valence-corrected chi connectivity index (χ4v) is 3.81. The maximum atomic E-state index is 13.2. The lowest BCUT2D eigenvalue weighted by molar-refractivity contribution is 0.567. The summed E-state index contributed by atoms with van der Waals surface area (Å²) in [5, 5.41) is 1.24. The zero-order valence-corrected chi connectivity index (χ0v) is 13.7. The topological polar surface area (TPSA) is 62.0 Å². The predicted octanol–water partition coefficient (Wildman–Crippen LogP) is 4.00. The zero-order valence-electron chi connectivity index (χ0n) is 12.2. The first-order chi connectivity index (χ1) is 10.9. The van der Waals surface area contributed by atoms with E-state index in [0.29, 0.717) is 10.5 Å². The van der Waals surface area contributed by atoms with Crippen LogP contribution in [-0.2, 0) is 10.0 Å². The summed E-state index contributed by atoms with van der Waals surface area (Å²) in [6, 6.07) is 9.81. The first kappa shape index (κ1) is 16.0. The number of sulfonamides is 1. The van der Waals surface area contributed by atoms with Gasteiger partial charge in [-0.25, -0.2) is 17.5 Å². The zero-order chi connectivity index (χ0) is 16.6. The number of nitrogens with one attached hydrogen (secondary N) is 2. The van der Waals surface area contributed by atoms with E-state index in [1.165, 1.54) is 36.4 Å². The highest BCUT2D eigenvalue weighted by Crippen LogP contribution is 2.26. The van der Waals surface area contributed by atoms with Gasteiger partial charge in [0.1, 0.15) is 5.82 Å². The van der Waals surface area contributed by atoms with Gasteiger partial charge in [0.15, 0.2) is 0 Å². The second-order valence-electron chi connectivity index (χ2n) is 5.23. The molecule has 3 rings (SSSR count). The van der Waals surface area contributed by atoms with Crippen molar-refractivity contribution < 1.29 is 12.8 Å². The van der Waals surface area contributed by atoms with Crippen molar-refractivity contribution >= 4 is 32.5 Å². The molecule has 0 fully saturated rings. The number of hydrogen-bond acceptors (Lipinski definition) is 2. The quantitative estimate of drug-likeness (QED) is 0.745. The summed E-state index contributed by atoms with van der Waals surface area (Å²) in [5.74, 6) is -0.347. The molecule has 0 spiro atoms. The Hall–Kier alpha value is -1.89. The van der Waals surface area contributed by atoms with Crippen molar-refractivity contribution in [1.29, 1.82) is 0 Å². The Morgan fingerprint density at radius 2 is 1.87 bits per heavy atom. The molecule has 0 aliphatic rings. The molecule has 1 heterocycles. The lowest BCUT2D eigenvalue weighted by Gasteiger charge is -2.14. The molecule has 3 aromatic rings. The molecule has 0 aliphatic carbocycles. The maximum absolute atomic E-state index is 13.2. The molecule has 4 nitrogen and oxygen atoms in total. The molecule has 23 heavy (non-hydrogen) atoms. The van der Waals surface area contributed by atoms with Crippen LogP contribution in [0.1, 0.15) is 18.5 Å². The summed E-state index contributed by atoms with van der Waals surface area (Å²) in [6.07, 6.45) is 1.68. The molecule has 120 valence electrons. The summed E-state index contributed by atoms with van der Waals surface area (Å²) < 4.78 is 40.7. The smallest absolute Gasteiger partial charge is 0.241 e. The fraction of sp³-hybridized carbons (Fsp3) is 0.125. The van der Waals surface area contributed by atoms with Gasteiger partial charge in [-0.15, -0.1) is 0 Å². The van der Waals surface area contributed by atoms with E-state index in [0.717, 1.165) is 10.9 Å². The van der Waals surface area contributed by atoms with Crippen LogP contribution in [0.25, 0.3) is 10.9 Å². The lowest BCUT2D eigenvalue weighted by atomic mass is 10.1. The standard InChI is InChI=1S/C16H14ClFN2O2S/c1-10(15-9-19-16-8-12(18)4-7-14(15)16)20-23(21,22)13-5-2-11(17)3-6-13/h2-10,19-20H,1H3. The summed E-state index contributed by atoms with van der Waals surface area (Å²) >= 11 is 5.78. The first-order valence-corrected chi connectivity index (χ1v) is 8.77. The molecule has 2 N–H and O–H groups in total. The minimum absolute atomic E-state index is 0.139. The normalized spacial score (nSPS) is 13.3. The SMILES string of the molecule is CC(NS(=O)(=O)c1ccc(Cl)cc1)c1c[nH]c2cc(F)ccc12. The number of rotatable bonds is 4. The van der Waals surface area contributed by atoms with Gasteiger partial charge in [0.05, 0.1) is 4.90 Å². The van der Waals surface area contributed by atoms with E-state index >= 15 is 0 Å². The van der Waals surface area contributed by atoms with Gasteiger partial charge in [-0.1, -0.05) is 11.6 Å². The fourth-order valence-electron chi connectivity index (χ4n) is 2.46. The number of benzene rings is 2. The van der Waals surface area contributed by atoms with E-state index in [1.54, 1.807) is 19.2 Å². The van der Waals surface area contributed by atoms with Gasteiger partial charge < -0.3 is 4.98 Å². The number of hydrogen-bond donors (Lipinski definition) is 2. The Kier molecular flexibility index (Phi) is 4.14. The van der Waals surface area contributed by atoms with Crippen LogP contribution in [0.15, 0.2) is 53.6 Å². The van der Waals surface area contributed by atoms with Gasteiger partial charge in [0, 0.05) is 28.2 Å². The highest BCUT2D eigenvalue weighted by atomic mass is 35.5. The van der Waals surface area contributed by atoms with E-state index in [2.05, 4.69) is 9.71 Å². The molecule has 0 saturated heterocycles.